The number of hydrogen-bond donors (Lipinski definition) is 2. The van der Waals surface area contributed by atoms with E-state index in [0.29, 0.717) is 12.8 Å². The number of hydrogen-bond acceptors (Lipinski definition) is 2. The molecule has 216 valence electrons. The lowest BCUT2D eigenvalue weighted by atomic mass is 10.1. The number of unbranched alkanes of at least 4 members (excludes halogenated alkanes) is 18. The Bertz CT molecular complexity index is 627. The highest BCUT2D eigenvalue weighted by Crippen LogP contribution is 2.12. The van der Waals surface area contributed by atoms with Crippen LogP contribution in [0.2, 0.25) is 0 Å². The highest BCUT2D eigenvalue weighted by molar-refractivity contribution is 5.66. The second-order valence-electron chi connectivity index (χ2n) is 10.2. The third kappa shape index (κ3) is 33.6. The highest BCUT2D eigenvalue weighted by atomic mass is 16.4. The van der Waals surface area contributed by atoms with Crippen LogP contribution >= 0.6 is 0 Å². The maximum absolute atomic E-state index is 10.4. The van der Waals surface area contributed by atoms with Crippen molar-refractivity contribution in [2.24, 2.45) is 0 Å². The number of allylic oxidation sites excluding steroid dienone is 10. The first-order valence-electron chi connectivity index (χ1n) is 15.4. The summed E-state index contributed by atoms with van der Waals surface area (Å²) in [4.78, 5) is 20.9. The summed E-state index contributed by atoms with van der Waals surface area (Å²) in [5, 5.41) is 17.2. The van der Waals surface area contributed by atoms with E-state index in [2.05, 4.69) is 60.8 Å². The quantitative estimate of drug-likeness (QED) is 0.0782. The SMILES string of the molecule is O=C(O)CCCCCCCCCCC/C=C/C=C/C=C/C=C/C=C/CCCCCCCCCCCC(=O)O. The summed E-state index contributed by atoms with van der Waals surface area (Å²) in [6.45, 7) is 0. The van der Waals surface area contributed by atoms with Gasteiger partial charge in [-0.05, 0) is 38.5 Å². The van der Waals surface area contributed by atoms with Gasteiger partial charge in [0, 0.05) is 12.8 Å². The van der Waals surface area contributed by atoms with Gasteiger partial charge in [0.05, 0.1) is 0 Å². The van der Waals surface area contributed by atoms with Crippen LogP contribution in [0.5, 0.6) is 0 Å². The first kappa shape index (κ1) is 35.6. The molecule has 0 bridgehead atoms. The fourth-order valence-electron chi connectivity index (χ4n) is 4.29. The smallest absolute Gasteiger partial charge is 0.303 e. The number of carboxylic acids is 2. The number of rotatable bonds is 28. The Morgan fingerprint density at radius 2 is 0.579 bits per heavy atom. The average Bonchev–Trinajstić information content (AvgIpc) is 2.89. The molecular formula is C34H56O4. The lowest BCUT2D eigenvalue weighted by Gasteiger charge is -2.01. The molecule has 2 N–H and O–H groups in total. The summed E-state index contributed by atoms with van der Waals surface area (Å²) < 4.78 is 0. The summed E-state index contributed by atoms with van der Waals surface area (Å²) >= 11 is 0. The van der Waals surface area contributed by atoms with E-state index in [-0.39, 0.29) is 0 Å². The van der Waals surface area contributed by atoms with Gasteiger partial charge in [-0.25, -0.2) is 0 Å². The molecule has 4 nitrogen and oxygen atoms in total. The number of aliphatic carboxylic acids is 2. The fraction of sp³-hybridized carbons (Fsp3) is 0.647. The van der Waals surface area contributed by atoms with Crippen LogP contribution in [0.25, 0.3) is 0 Å². The van der Waals surface area contributed by atoms with E-state index in [9.17, 15) is 9.59 Å². The van der Waals surface area contributed by atoms with Crippen LogP contribution in [0.3, 0.4) is 0 Å². The van der Waals surface area contributed by atoms with Crippen molar-refractivity contribution < 1.29 is 19.8 Å². The minimum atomic E-state index is -0.673. The van der Waals surface area contributed by atoms with Crippen molar-refractivity contribution in [3.63, 3.8) is 0 Å². The normalized spacial score (nSPS) is 12.3. The van der Waals surface area contributed by atoms with Crippen molar-refractivity contribution in [3.8, 4) is 0 Å². The maximum atomic E-state index is 10.4. The minimum Gasteiger partial charge on any atom is -0.481 e. The molecule has 0 aliphatic rings. The van der Waals surface area contributed by atoms with E-state index in [4.69, 9.17) is 10.2 Å². The van der Waals surface area contributed by atoms with Crippen LogP contribution in [0.1, 0.15) is 141 Å². The predicted molar refractivity (Wildman–Crippen MR) is 163 cm³/mol. The summed E-state index contributed by atoms with van der Waals surface area (Å²) in [5.74, 6) is -1.35. The van der Waals surface area contributed by atoms with E-state index in [0.717, 1.165) is 38.5 Å². The standard InChI is InChI=1S/C34H56O4/c35-33(36)31-29-27-25-23-21-19-17-15-13-11-9-7-5-3-1-2-4-6-8-10-12-14-16-18-20-22-24-26-28-30-32-34(37)38/h1-10H,11-32H2,(H,35,36)(H,37,38)/b2-1+,5-3+,6-4+,9-7+,10-8+. The molecule has 38 heavy (non-hydrogen) atoms. The van der Waals surface area contributed by atoms with Gasteiger partial charge in [0.1, 0.15) is 0 Å². The van der Waals surface area contributed by atoms with E-state index in [1.807, 2.05) is 0 Å². The van der Waals surface area contributed by atoms with Crippen LogP contribution in [0.4, 0.5) is 0 Å². The van der Waals surface area contributed by atoms with Crippen LogP contribution in [0, 0.1) is 0 Å². The second-order valence-corrected chi connectivity index (χ2v) is 10.2. The first-order valence-corrected chi connectivity index (χ1v) is 15.4. The summed E-state index contributed by atoms with van der Waals surface area (Å²) in [6.07, 6.45) is 45.6. The van der Waals surface area contributed by atoms with Gasteiger partial charge in [-0.15, -0.1) is 0 Å². The molecule has 0 aromatic rings. The Hall–Kier alpha value is -2.36. The zero-order valence-electron chi connectivity index (χ0n) is 24.0. The van der Waals surface area contributed by atoms with E-state index in [1.54, 1.807) is 0 Å². The zero-order chi connectivity index (χ0) is 27.8. The van der Waals surface area contributed by atoms with Crippen LogP contribution in [0.15, 0.2) is 60.8 Å². The molecule has 4 heteroatoms. The summed E-state index contributed by atoms with van der Waals surface area (Å²) in [5.41, 5.74) is 0. The largest absolute Gasteiger partial charge is 0.481 e. The lowest BCUT2D eigenvalue weighted by molar-refractivity contribution is -0.138. The van der Waals surface area contributed by atoms with Gasteiger partial charge in [0.15, 0.2) is 0 Å². The molecule has 0 aromatic heterocycles. The second kappa shape index (κ2) is 30.9. The number of carbonyl (C=O) groups is 2. The molecule has 0 heterocycles. The van der Waals surface area contributed by atoms with Crippen molar-refractivity contribution in [2.75, 3.05) is 0 Å². The van der Waals surface area contributed by atoms with Crippen molar-refractivity contribution >= 4 is 11.9 Å². The molecule has 0 radical (unpaired) electrons. The molecule has 0 rings (SSSR count). The molecule has 0 aliphatic heterocycles. The van der Waals surface area contributed by atoms with E-state index in [1.165, 1.54) is 89.9 Å². The van der Waals surface area contributed by atoms with Crippen LogP contribution in [-0.2, 0) is 9.59 Å². The zero-order valence-corrected chi connectivity index (χ0v) is 24.0. The first-order chi connectivity index (χ1) is 18.6. The maximum Gasteiger partial charge on any atom is 0.303 e. The van der Waals surface area contributed by atoms with Crippen molar-refractivity contribution in [3.05, 3.63) is 60.8 Å². The Balaban J connectivity index is 3.40. The van der Waals surface area contributed by atoms with E-state index < -0.39 is 11.9 Å². The Kier molecular flexibility index (Phi) is 28.9. The molecule has 0 saturated heterocycles. The number of carboxylic acid groups (broad SMARTS) is 2. The molecule has 0 spiro atoms. The highest BCUT2D eigenvalue weighted by Gasteiger charge is 1.97. The van der Waals surface area contributed by atoms with Gasteiger partial charge in [-0.1, -0.05) is 151 Å². The third-order valence-corrected chi connectivity index (χ3v) is 6.57. The topological polar surface area (TPSA) is 74.6 Å². The summed E-state index contributed by atoms with van der Waals surface area (Å²) in [6, 6.07) is 0. The molecule has 0 unspecified atom stereocenters. The van der Waals surface area contributed by atoms with Gasteiger partial charge >= 0.3 is 11.9 Å². The lowest BCUT2D eigenvalue weighted by Crippen LogP contribution is -1.93. The van der Waals surface area contributed by atoms with Gasteiger partial charge in [-0.3, -0.25) is 9.59 Å². The van der Waals surface area contributed by atoms with Gasteiger partial charge in [0.25, 0.3) is 0 Å². The molecule has 0 saturated carbocycles. The Morgan fingerprint density at radius 1 is 0.342 bits per heavy atom. The summed E-state index contributed by atoms with van der Waals surface area (Å²) in [7, 11) is 0. The average molecular weight is 529 g/mol. The van der Waals surface area contributed by atoms with E-state index >= 15 is 0 Å². The minimum absolute atomic E-state index is 0.318. The van der Waals surface area contributed by atoms with Crippen molar-refractivity contribution in [1.82, 2.24) is 0 Å². The molecular weight excluding hydrogens is 472 g/mol. The van der Waals surface area contributed by atoms with Crippen LogP contribution < -0.4 is 0 Å². The Morgan fingerprint density at radius 3 is 0.868 bits per heavy atom. The van der Waals surface area contributed by atoms with Gasteiger partial charge in [-0.2, -0.15) is 0 Å². The van der Waals surface area contributed by atoms with Gasteiger partial charge in [0.2, 0.25) is 0 Å². The van der Waals surface area contributed by atoms with Crippen molar-refractivity contribution in [1.29, 1.82) is 0 Å². The van der Waals surface area contributed by atoms with Crippen molar-refractivity contribution in [2.45, 2.75) is 141 Å². The third-order valence-electron chi connectivity index (χ3n) is 6.57. The molecule has 0 aromatic carbocycles. The van der Waals surface area contributed by atoms with Gasteiger partial charge < -0.3 is 10.2 Å². The molecule has 0 fully saturated rings. The monoisotopic (exact) mass is 528 g/mol. The molecule has 0 atom stereocenters. The van der Waals surface area contributed by atoms with Crippen LogP contribution in [-0.4, -0.2) is 22.2 Å². The fourth-order valence-corrected chi connectivity index (χ4v) is 4.29. The Labute approximate surface area is 233 Å². The molecule has 0 aliphatic carbocycles. The molecule has 0 amide bonds. The predicted octanol–water partition coefficient (Wildman–Crippen LogP) is 10.5.